The molecule has 1 saturated heterocycles. The molecule has 1 heterocycles. The van der Waals surface area contributed by atoms with Crippen LogP contribution in [0.5, 0.6) is 5.75 Å². The Morgan fingerprint density at radius 2 is 2.16 bits per heavy atom. The Morgan fingerprint density at radius 1 is 1.42 bits per heavy atom. The van der Waals surface area contributed by atoms with Crippen LogP contribution in [0.4, 0.5) is 0 Å². The van der Waals surface area contributed by atoms with Gasteiger partial charge in [-0.2, -0.15) is 0 Å². The Kier molecular flexibility index (Phi) is 3.92. The van der Waals surface area contributed by atoms with Crippen molar-refractivity contribution >= 4 is 23.5 Å². The zero-order chi connectivity index (χ0) is 14.0. The van der Waals surface area contributed by atoms with Crippen molar-refractivity contribution in [3.8, 4) is 5.75 Å². The number of carboxylic acids is 1. The average Bonchev–Trinajstić information content (AvgIpc) is 2.41. The van der Waals surface area contributed by atoms with E-state index < -0.39 is 12.1 Å². The minimum Gasteiger partial charge on any atom is -0.506 e. The molecular formula is C12H12ClNO5. The number of hydrogen-bond acceptors (Lipinski definition) is 4. The topological polar surface area (TPSA) is 87.1 Å². The predicted molar refractivity (Wildman–Crippen MR) is 66.4 cm³/mol. The summed E-state index contributed by atoms with van der Waals surface area (Å²) >= 11 is 5.74. The van der Waals surface area contributed by atoms with Crippen molar-refractivity contribution in [3.63, 3.8) is 0 Å². The quantitative estimate of drug-likeness (QED) is 0.845. The Labute approximate surface area is 114 Å². The smallest absolute Gasteiger partial charge is 0.334 e. The number of phenols is 1. The van der Waals surface area contributed by atoms with E-state index in [1.54, 1.807) is 0 Å². The summed E-state index contributed by atoms with van der Waals surface area (Å²) in [6.07, 6.45) is -1.01. The summed E-state index contributed by atoms with van der Waals surface area (Å²) < 4.78 is 5.04. The van der Waals surface area contributed by atoms with E-state index in [4.69, 9.17) is 21.4 Å². The summed E-state index contributed by atoms with van der Waals surface area (Å²) in [7, 11) is 0. The van der Waals surface area contributed by atoms with E-state index in [0.29, 0.717) is 12.1 Å². The minimum atomic E-state index is -1.10. The SMILES string of the molecule is O=C(O)C1CN(C(=O)c2ccc(O)c(Cl)c2)CCO1. The number of carboxylic acid groups (broad SMARTS) is 1. The number of hydrogen-bond donors (Lipinski definition) is 2. The van der Waals surface area contributed by atoms with Crippen molar-refractivity contribution in [2.45, 2.75) is 6.10 Å². The number of benzene rings is 1. The molecule has 1 fully saturated rings. The number of aliphatic carboxylic acids is 1. The van der Waals surface area contributed by atoms with Crippen molar-refractivity contribution in [2.24, 2.45) is 0 Å². The largest absolute Gasteiger partial charge is 0.506 e. The second-order valence-electron chi connectivity index (χ2n) is 4.12. The van der Waals surface area contributed by atoms with Gasteiger partial charge < -0.3 is 19.8 Å². The molecule has 1 aliphatic rings. The molecule has 2 rings (SSSR count). The molecular weight excluding hydrogens is 274 g/mol. The molecule has 0 aliphatic carbocycles. The Bertz CT molecular complexity index is 519. The molecule has 1 unspecified atom stereocenters. The summed E-state index contributed by atoms with van der Waals surface area (Å²) in [6, 6.07) is 4.12. The van der Waals surface area contributed by atoms with Crippen LogP contribution in [-0.4, -0.2) is 52.8 Å². The lowest BCUT2D eigenvalue weighted by Gasteiger charge is -2.30. The van der Waals surface area contributed by atoms with Gasteiger partial charge in [0.05, 0.1) is 18.2 Å². The van der Waals surface area contributed by atoms with E-state index in [9.17, 15) is 14.7 Å². The fraction of sp³-hybridized carbons (Fsp3) is 0.333. The molecule has 1 amide bonds. The maximum atomic E-state index is 12.2. The number of aromatic hydroxyl groups is 1. The van der Waals surface area contributed by atoms with Crippen LogP contribution in [0.15, 0.2) is 18.2 Å². The minimum absolute atomic E-state index is 0.00728. The summed E-state index contributed by atoms with van der Waals surface area (Å²) in [5, 5.41) is 18.2. The molecule has 102 valence electrons. The highest BCUT2D eigenvalue weighted by Crippen LogP contribution is 2.24. The number of halogens is 1. The fourth-order valence-corrected chi connectivity index (χ4v) is 1.99. The van der Waals surface area contributed by atoms with Crippen LogP contribution in [0, 0.1) is 0 Å². The van der Waals surface area contributed by atoms with Crippen LogP contribution in [0.3, 0.4) is 0 Å². The fourth-order valence-electron chi connectivity index (χ4n) is 1.81. The van der Waals surface area contributed by atoms with Gasteiger partial charge in [-0.1, -0.05) is 11.6 Å². The van der Waals surface area contributed by atoms with Crippen LogP contribution in [0.1, 0.15) is 10.4 Å². The van der Waals surface area contributed by atoms with Crippen LogP contribution < -0.4 is 0 Å². The van der Waals surface area contributed by atoms with Crippen molar-refractivity contribution in [2.75, 3.05) is 19.7 Å². The molecule has 2 N–H and O–H groups in total. The van der Waals surface area contributed by atoms with Crippen molar-refractivity contribution in [3.05, 3.63) is 28.8 Å². The zero-order valence-electron chi connectivity index (χ0n) is 9.88. The summed E-state index contributed by atoms with van der Waals surface area (Å²) in [5.41, 5.74) is 0.300. The van der Waals surface area contributed by atoms with E-state index in [1.807, 2.05) is 0 Å². The Balaban J connectivity index is 2.14. The van der Waals surface area contributed by atoms with Crippen molar-refractivity contribution in [1.82, 2.24) is 4.90 Å². The number of amides is 1. The van der Waals surface area contributed by atoms with Gasteiger partial charge in [-0.25, -0.2) is 4.79 Å². The first-order valence-electron chi connectivity index (χ1n) is 5.61. The van der Waals surface area contributed by atoms with Gasteiger partial charge in [0, 0.05) is 12.1 Å². The number of ether oxygens (including phenoxy) is 1. The van der Waals surface area contributed by atoms with Gasteiger partial charge in [-0.05, 0) is 18.2 Å². The van der Waals surface area contributed by atoms with Gasteiger partial charge >= 0.3 is 5.97 Å². The molecule has 1 atom stereocenters. The highest BCUT2D eigenvalue weighted by atomic mass is 35.5. The third-order valence-corrected chi connectivity index (χ3v) is 3.13. The number of carbonyl (C=O) groups excluding carboxylic acids is 1. The monoisotopic (exact) mass is 285 g/mol. The van der Waals surface area contributed by atoms with Crippen molar-refractivity contribution < 1.29 is 24.5 Å². The number of carbonyl (C=O) groups is 2. The predicted octanol–water partition coefficient (Wildman–Crippen LogP) is 0.971. The summed E-state index contributed by atoms with van der Waals surface area (Å²) in [5.74, 6) is -1.54. The molecule has 1 aliphatic heterocycles. The second kappa shape index (κ2) is 5.46. The van der Waals surface area contributed by atoms with Crippen LogP contribution >= 0.6 is 11.6 Å². The molecule has 1 aromatic rings. The van der Waals surface area contributed by atoms with E-state index in [2.05, 4.69) is 0 Å². The van der Waals surface area contributed by atoms with E-state index in [0.717, 1.165) is 0 Å². The van der Waals surface area contributed by atoms with Gasteiger partial charge in [0.2, 0.25) is 0 Å². The molecule has 0 bridgehead atoms. The first-order valence-corrected chi connectivity index (χ1v) is 5.99. The van der Waals surface area contributed by atoms with Crippen LogP contribution in [-0.2, 0) is 9.53 Å². The normalized spacial score (nSPS) is 19.2. The van der Waals surface area contributed by atoms with E-state index >= 15 is 0 Å². The second-order valence-corrected chi connectivity index (χ2v) is 4.52. The lowest BCUT2D eigenvalue weighted by atomic mass is 10.1. The highest BCUT2D eigenvalue weighted by molar-refractivity contribution is 6.32. The molecule has 0 radical (unpaired) electrons. The number of rotatable bonds is 2. The lowest BCUT2D eigenvalue weighted by molar-refractivity contribution is -0.154. The third kappa shape index (κ3) is 2.97. The maximum absolute atomic E-state index is 12.2. The third-order valence-electron chi connectivity index (χ3n) is 2.82. The molecule has 0 spiro atoms. The molecule has 1 aromatic carbocycles. The molecule has 0 aromatic heterocycles. The number of morpholine rings is 1. The maximum Gasteiger partial charge on any atom is 0.334 e. The molecule has 0 saturated carbocycles. The van der Waals surface area contributed by atoms with Gasteiger partial charge in [0.1, 0.15) is 5.75 Å². The first-order chi connectivity index (χ1) is 8.99. The average molecular weight is 286 g/mol. The van der Waals surface area contributed by atoms with Gasteiger partial charge in [0.15, 0.2) is 6.10 Å². The first kappa shape index (κ1) is 13.6. The van der Waals surface area contributed by atoms with Crippen LogP contribution in [0.2, 0.25) is 5.02 Å². The highest BCUT2D eigenvalue weighted by Gasteiger charge is 2.29. The molecule has 19 heavy (non-hydrogen) atoms. The molecule has 7 heteroatoms. The summed E-state index contributed by atoms with van der Waals surface area (Å²) in [6.45, 7) is 0.488. The van der Waals surface area contributed by atoms with Crippen LogP contribution in [0.25, 0.3) is 0 Å². The number of nitrogens with zero attached hydrogens (tertiary/aromatic N) is 1. The standard InChI is InChI=1S/C12H12ClNO5/c13-8-5-7(1-2-9(8)15)11(16)14-3-4-19-10(6-14)12(17)18/h1-2,5,10,15H,3-4,6H2,(H,17,18). The van der Waals surface area contributed by atoms with Gasteiger partial charge in [-0.15, -0.1) is 0 Å². The molecule has 6 nitrogen and oxygen atoms in total. The summed E-state index contributed by atoms with van der Waals surface area (Å²) in [4.78, 5) is 24.4. The number of phenolic OH excluding ortho intramolecular Hbond substituents is 1. The Hall–Kier alpha value is -1.79. The Morgan fingerprint density at radius 3 is 2.79 bits per heavy atom. The zero-order valence-corrected chi connectivity index (χ0v) is 10.6. The van der Waals surface area contributed by atoms with E-state index in [1.165, 1.54) is 23.1 Å². The van der Waals surface area contributed by atoms with Gasteiger partial charge in [-0.3, -0.25) is 4.79 Å². The van der Waals surface area contributed by atoms with E-state index in [-0.39, 0.29) is 29.8 Å². The lowest BCUT2D eigenvalue weighted by Crippen LogP contribution is -2.48. The van der Waals surface area contributed by atoms with Crippen molar-refractivity contribution in [1.29, 1.82) is 0 Å². The van der Waals surface area contributed by atoms with Gasteiger partial charge in [0.25, 0.3) is 5.91 Å².